The average Bonchev–Trinajstić information content (AvgIpc) is 3.02. The number of hydrogen-bond acceptors (Lipinski definition) is 3. The molecule has 1 N–H and O–H groups in total. The first-order chi connectivity index (χ1) is 11.2. The SMILES string of the molecule is O=C(NCCN1CCC[C@@H](c2ccccc2)C1)c1sccc1Cl. The second-order valence-electron chi connectivity index (χ2n) is 5.90. The summed E-state index contributed by atoms with van der Waals surface area (Å²) < 4.78 is 0. The Labute approximate surface area is 146 Å². The first kappa shape index (κ1) is 16.5. The smallest absolute Gasteiger partial charge is 0.262 e. The Balaban J connectivity index is 1.47. The summed E-state index contributed by atoms with van der Waals surface area (Å²) in [6.45, 7) is 3.73. The minimum atomic E-state index is -0.0679. The van der Waals surface area contributed by atoms with Crippen LogP contribution in [0.15, 0.2) is 41.8 Å². The molecular weight excluding hydrogens is 328 g/mol. The molecule has 0 unspecified atom stereocenters. The van der Waals surface area contributed by atoms with Crippen LogP contribution in [0.4, 0.5) is 0 Å². The van der Waals surface area contributed by atoms with Crippen molar-refractivity contribution in [1.82, 2.24) is 10.2 Å². The molecule has 0 saturated carbocycles. The number of rotatable bonds is 5. The highest BCUT2D eigenvalue weighted by atomic mass is 35.5. The normalized spacial score (nSPS) is 18.7. The second-order valence-corrected chi connectivity index (χ2v) is 7.23. The summed E-state index contributed by atoms with van der Waals surface area (Å²) in [5.74, 6) is 0.536. The largest absolute Gasteiger partial charge is 0.350 e. The number of nitrogens with zero attached hydrogens (tertiary/aromatic N) is 1. The van der Waals surface area contributed by atoms with Crippen LogP contribution in [0, 0.1) is 0 Å². The Morgan fingerprint density at radius 2 is 2.13 bits per heavy atom. The van der Waals surface area contributed by atoms with Crippen LogP contribution in [0.5, 0.6) is 0 Å². The Bertz CT molecular complexity index is 643. The fraction of sp³-hybridized carbons (Fsp3) is 0.389. The molecule has 3 nitrogen and oxygen atoms in total. The monoisotopic (exact) mass is 348 g/mol. The van der Waals surface area contributed by atoms with Gasteiger partial charge in [-0.2, -0.15) is 0 Å². The molecule has 1 aliphatic rings. The topological polar surface area (TPSA) is 32.3 Å². The molecule has 0 radical (unpaired) electrons. The van der Waals surface area contributed by atoms with Gasteiger partial charge in [0, 0.05) is 19.6 Å². The number of thiophene rings is 1. The minimum Gasteiger partial charge on any atom is -0.350 e. The Kier molecular flexibility index (Phi) is 5.70. The molecule has 5 heteroatoms. The predicted molar refractivity (Wildman–Crippen MR) is 96.5 cm³/mol. The van der Waals surface area contributed by atoms with E-state index in [2.05, 4.69) is 40.5 Å². The van der Waals surface area contributed by atoms with Gasteiger partial charge in [-0.1, -0.05) is 41.9 Å². The van der Waals surface area contributed by atoms with Crippen LogP contribution in [0.2, 0.25) is 5.02 Å². The number of amides is 1. The molecule has 1 fully saturated rings. The van der Waals surface area contributed by atoms with E-state index in [1.807, 2.05) is 5.38 Å². The maximum Gasteiger partial charge on any atom is 0.262 e. The van der Waals surface area contributed by atoms with Gasteiger partial charge in [0.05, 0.1) is 5.02 Å². The molecule has 1 aliphatic heterocycles. The highest BCUT2D eigenvalue weighted by Gasteiger charge is 2.21. The lowest BCUT2D eigenvalue weighted by Gasteiger charge is -2.33. The number of benzene rings is 1. The van der Waals surface area contributed by atoms with Crippen molar-refractivity contribution in [3.8, 4) is 0 Å². The van der Waals surface area contributed by atoms with Gasteiger partial charge in [-0.05, 0) is 42.3 Å². The van der Waals surface area contributed by atoms with E-state index in [-0.39, 0.29) is 5.91 Å². The van der Waals surface area contributed by atoms with Gasteiger partial charge in [0.15, 0.2) is 0 Å². The number of piperidine rings is 1. The zero-order valence-corrected chi connectivity index (χ0v) is 14.6. The molecular formula is C18H21ClN2OS. The van der Waals surface area contributed by atoms with Crippen LogP contribution in [-0.4, -0.2) is 37.0 Å². The van der Waals surface area contributed by atoms with E-state index in [0.29, 0.717) is 22.4 Å². The van der Waals surface area contributed by atoms with Crippen LogP contribution < -0.4 is 5.32 Å². The lowest BCUT2D eigenvalue weighted by atomic mass is 9.91. The summed E-state index contributed by atoms with van der Waals surface area (Å²) in [5, 5.41) is 5.35. The van der Waals surface area contributed by atoms with E-state index in [1.54, 1.807) is 6.07 Å². The maximum atomic E-state index is 12.1. The van der Waals surface area contributed by atoms with Gasteiger partial charge in [-0.25, -0.2) is 0 Å². The molecule has 0 aliphatic carbocycles. The van der Waals surface area contributed by atoms with Crippen molar-refractivity contribution in [2.75, 3.05) is 26.2 Å². The molecule has 1 aromatic carbocycles. The van der Waals surface area contributed by atoms with Gasteiger partial charge in [0.2, 0.25) is 0 Å². The molecule has 1 amide bonds. The Morgan fingerprint density at radius 3 is 2.87 bits per heavy atom. The molecule has 0 spiro atoms. The third-order valence-electron chi connectivity index (χ3n) is 4.31. The molecule has 122 valence electrons. The summed E-state index contributed by atoms with van der Waals surface area (Å²) in [6.07, 6.45) is 2.46. The lowest BCUT2D eigenvalue weighted by molar-refractivity contribution is 0.0949. The number of nitrogens with one attached hydrogen (secondary N) is 1. The van der Waals surface area contributed by atoms with Crippen LogP contribution in [0.25, 0.3) is 0 Å². The highest BCUT2D eigenvalue weighted by Crippen LogP contribution is 2.26. The molecule has 0 bridgehead atoms. The highest BCUT2D eigenvalue weighted by molar-refractivity contribution is 7.12. The van der Waals surface area contributed by atoms with E-state index in [0.717, 1.165) is 19.6 Å². The summed E-state index contributed by atoms with van der Waals surface area (Å²) in [5.41, 5.74) is 1.42. The zero-order valence-electron chi connectivity index (χ0n) is 13.0. The first-order valence-corrected chi connectivity index (χ1v) is 9.28. The van der Waals surface area contributed by atoms with Crippen molar-refractivity contribution < 1.29 is 4.79 Å². The predicted octanol–water partition coefficient (Wildman–Crippen LogP) is 4.01. The van der Waals surface area contributed by atoms with E-state index < -0.39 is 0 Å². The fourth-order valence-electron chi connectivity index (χ4n) is 3.12. The van der Waals surface area contributed by atoms with Crippen LogP contribution >= 0.6 is 22.9 Å². The van der Waals surface area contributed by atoms with Crippen molar-refractivity contribution in [3.05, 3.63) is 57.2 Å². The number of carbonyl (C=O) groups is 1. The molecule has 1 aromatic heterocycles. The Hall–Kier alpha value is -1.36. The summed E-state index contributed by atoms with van der Waals surface area (Å²) in [6, 6.07) is 12.5. The zero-order chi connectivity index (χ0) is 16.1. The summed E-state index contributed by atoms with van der Waals surface area (Å²) in [4.78, 5) is 15.1. The first-order valence-electron chi connectivity index (χ1n) is 8.02. The van der Waals surface area contributed by atoms with Crippen LogP contribution in [0.1, 0.15) is 34.0 Å². The summed E-state index contributed by atoms with van der Waals surface area (Å²) >= 11 is 7.37. The van der Waals surface area contributed by atoms with Crippen molar-refractivity contribution >= 4 is 28.8 Å². The van der Waals surface area contributed by atoms with Crippen LogP contribution in [-0.2, 0) is 0 Å². The van der Waals surface area contributed by atoms with Gasteiger partial charge in [0.1, 0.15) is 4.88 Å². The van der Waals surface area contributed by atoms with E-state index in [1.165, 1.54) is 29.7 Å². The molecule has 1 saturated heterocycles. The number of carbonyl (C=O) groups excluding carboxylic acids is 1. The van der Waals surface area contributed by atoms with Gasteiger partial charge in [0.25, 0.3) is 5.91 Å². The van der Waals surface area contributed by atoms with E-state index >= 15 is 0 Å². The van der Waals surface area contributed by atoms with Crippen molar-refractivity contribution in [3.63, 3.8) is 0 Å². The van der Waals surface area contributed by atoms with Crippen molar-refractivity contribution in [1.29, 1.82) is 0 Å². The van der Waals surface area contributed by atoms with E-state index in [9.17, 15) is 4.79 Å². The molecule has 2 heterocycles. The molecule has 2 aromatic rings. The van der Waals surface area contributed by atoms with E-state index in [4.69, 9.17) is 11.6 Å². The number of hydrogen-bond donors (Lipinski definition) is 1. The van der Waals surface area contributed by atoms with Gasteiger partial charge in [-0.3, -0.25) is 4.79 Å². The van der Waals surface area contributed by atoms with Crippen LogP contribution in [0.3, 0.4) is 0 Å². The van der Waals surface area contributed by atoms with Crippen molar-refractivity contribution in [2.45, 2.75) is 18.8 Å². The average molecular weight is 349 g/mol. The fourth-order valence-corrected chi connectivity index (χ4v) is 4.18. The quantitative estimate of drug-likeness (QED) is 0.885. The molecule has 1 atom stereocenters. The minimum absolute atomic E-state index is 0.0679. The Morgan fingerprint density at radius 1 is 1.30 bits per heavy atom. The maximum absolute atomic E-state index is 12.1. The lowest BCUT2D eigenvalue weighted by Crippen LogP contribution is -2.40. The summed E-state index contributed by atoms with van der Waals surface area (Å²) in [7, 11) is 0. The van der Waals surface area contributed by atoms with Gasteiger partial charge >= 0.3 is 0 Å². The van der Waals surface area contributed by atoms with Gasteiger partial charge < -0.3 is 10.2 Å². The standard InChI is InChI=1S/C18H21ClN2OS/c19-16-8-12-23-17(16)18(22)20-9-11-21-10-4-7-15(13-21)14-5-2-1-3-6-14/h1-3,5-6,8,12,15H,4,7,9-11,13H2,(H,20,22)/t15-/m1/s1. The number of halogens is 1. The van der Waals surface area contributed by atoms with Crippen molar-refractivity contribution in [2.24, 2.45) is 0 Å². The number of likely N-dealkylation sites (tertiary alicyclic amines) is 1. The molecule has 23 heavy (non-hydrogen) atoms. The van der Waals surface area contributed by atoms with Gasteiger partial charge in [-0.15, -0.1) is 11.3 Å². The second kappa shape index (κ2) is 7.95. The third-order valence-corrected chi connectivity index (χ3v) is 5.65. The third kappa shape index (κ3) is 4.34. The molecule has 3 rings (SSSR count).